The van der Waals surface area contributed by atoms with Gasteiger partial charge in [-0.05, 0) is 37.1 Å². The molecule has 3 rings (SSSR count). The molecule has 0 aliphatic carbocycles. The minimum atomic E-state index is 0.230. The van der Waals surface area contributed by atoms with Crippen molar-refractivity contribution < 1.29 is 4.42 Å². The van der Waals surface area contributed by atoms with E-state index < -0.39 is 0 Å². The van der Waals surface area contributed by atoms with Crippen molar-refractivity contribution in [2.45, 2.75) is 29.9 Å². The number of thioether (sulfide) groups is 1. The van der Waals surface area contributed by atoms with Crippen LogP contribution in [0.5, 0.6) is 0 Å². The van der Waals surface area contributed by atoms with Crippen LogP contribution in [0.2, 0.25) is 5.02 Å². The van der Waals surface area contributed by atoms with Crippen LogP contribution in [0.4, 0.5) is 0 Å². The third-order valence-corrected chi connectivity index (χ3v) is 4.16. The zero-order valence-electron chi connectivity index (χ0n) is 10.3. The van der Waals surface area contributed by atoms with E-state index >= 15 is 0 Å². The van der Waals surface area contributed by atoms with Gasteiger partial charge in [-0.25, -0.2) is 0 Å². The van der Waals surface area contributed by atoms with Crippen molar-refractivity contribution >= 4 is 23.4 Å². The Labute approximate surface area is 120 Å². The Morgan fingerprint density at radius 3 is 3.16 bits per heavy atom. The second-order valence-electron chi connectivity index (χ2n) is 4.47. The summed E-state index contributed by atoms with van der Waals surface area (Å²) < 4.78 is 5.66. The predicted molar refractivity (Wildman–Crippen MR) is 75.3 cm³/mol. The number of halogens is 1. The first kappa shape index (κ1) is 13.0. The quantitative estimate of drug-likeness (QED) is 0.876. The summed E-state index contributed by atoms with van der Waals surface area (Å²) in [5, 5.41) is 12.9. The number of benzene rings is 1. The molecule has 1 saturated heterocycles. The van der Waals surface area contributed by atoms with E-state index in [-0.39, 0.29) is 6.04 Å². The van der Waals surface area contributed by atoms with Gasteiger partial charge in [-0.2, -0.15) is 0 Å². The molecule has 1 N–H and O–H groups in total. The lowest BCUT2D eigenvalue weighted by atomic mass is 10.2. The Hall–Kier alpha value is -1.04. The van der Waals surface area contributed by atoms with Gasteiger partial charge in [0.2, 0.25) is 5.89 Å². The molecule has 1 aliphatic rings. The van der Waals surface area contributed by atoms with Crippen LogP contribution in [-0.2, 0) is 5.75 Å². The van der Waals surface area contributed by atoms with Crippen LogP contribution in [0.1, 0.15) is 30.3 Å². The van der Waals surface area contributed by atoms with E-state index in [1.165, 1.54) is 11.8 Å². The van der Waals surface area contributed by atoms with Crippen molar-refractivity contribution in [1.82, 2.24) is 15.5 Å². The number of nitrogens with one attached hydrogen (secondary N) is 1. The normalized spacial score (nSPS) is 18.9. The molecule has 2 heterocycles. The van der Waals surface area contributed by atoms with Gasteiger partial charge in [-0.1, -0.05) is 35.5 Å². The average Bonchev–Trinajstić information content (AvgIpc) is 3.07. The van der Waals surface area contributed by atoms with Crippen LogP contribution >= 0.6 is 23.4 Å². The summed E-state index contributed by atoms with van der Waals surface area (Å²) in [5.74, 6) is 1.48. The van der Waals surface area contributed by atoms with Crippen molar-refractivity contribution in [3.05, 3.63) is 40.7 Å². The van der Waals surface area contributed by atoms with E-state index in [9.17, 15) is 0 Å². The third-order valence-electron chi connectivity index (χ3n) is 3.03. The molecule has 4 nitrogen and oxygen atoms in total. The van der Waals surface area contributed by atoms with Gasteiger partial charge in [0.15, 0.2) is 0 Å². The minimum Gasteiger partial charge on any atom is -0.414 e. The van der Waals surface area contributed by atoms with Crippen LogP contribution in [0.25, 0.3) is 0 Å². The van der Waals surface area contributed by atoms with Crippen LogP contribution < -0.4 is 5.32 Å². The van der Waals surface area contributed by atoms with Crippen LogP contribution in [0, 0.1) is 0 Å². The number of aromatic nitrogens is 2. The molecule has 0 saturated carbocycles. The van der Waals surface area contributed by atoms with Gasteiger partial charge < -0.3 is 9.73 Å². The highest BCUT2D eigenvalue weighted by Crippen LogP contribution is 2.27. The molecule has 2 aromatic rings. The standard InChI is InChI=1S/C13H14ClN3OS/c14-10-4-1-3-9(7-10)8-19-13-17-16-12(18-13)11-5-2-6-15-11/h1,3-4,7,11,15H,2,5-6,8H2. The molecular formula is C13H14ClN3OS. The Balaban J connectivity index is 1.61. The van der Waals surface area contributed by atoms with Gasteiger partial charge in [-0.3, -0.25) is 0 Å². The molecule has 6 heteroatoms. The molecule has 0 radical (unpaired) electrons. The van der Waals surface area contributed by atoms with Crippen molar-refractivity contribution in [3.63, 3.8) is 0 Å². The molecular weight excluding hydrogens is 282 g/mol. The monoisotopic (exact) mass is 295 g/mol. The van der Waals surface area contributed by atoms with Crippen molar-refractivity contribution in [2.75, 3.05) is 6.54 Å². The van der Waals surface area contributed by atoms with E-state index in [1.807, 2.05) is 24.3 Å². The maximum atomic E-state index is 5.95. The smallest absolute Gasteiger partial charge is 0.276 e. The van der Waals surface area contributed by atoms with Gasteiger partial charge in [-0.15, -0.1) is 10.2 Å². The fourth-order valence-electron chi connectivity index (χ4n) is 2.09. The molecule has 100 valence electrons. The first-order valence-corrected chi connectivity index (χ1v) is 7.61. The third kappa shape index (κ3) is 3.29. The molecule has 1 unspecified atom stereocenters. The van der Waals surface area contributed by atoms with Crippen molar-refractivity contribution in [1.29, 1.82) is 0 Å². The molecule has 0 spiro atoms. The summed E-state index contributed by atoms with van der Waals surface area (Å²) in [4.78, 5) is 0. The molecule has 1 aliphatic heterocycles. The molecule has 1 atom stereocenters. The largest absolute Gasteiger partial charge is 0.414 e. The summed E-state index contributed by atoms with van der Waals surface area (Å²) >= 11 is 7.48. The highest BCUT2D eigenvalue weighted by Gasteiger charge is 2.22. The summed E-state index contributed by atoms with van der Waals surface area (Å²) in [5.41, 5.74) is 1.15. The van der Waals surface area contributed by atoms with E-state index in [0.717, 1.165) is 35.7 Å². The minimum absolute atomic E-state index is 0.230. The lowest BCUT2D eigenvalue weighted by Crippen LogP contribution is -2.12. The van der Waals surface area contributed by atoms with Crippen molar-refractivity contribution in [3.8, 4) is 0 Å². The SMILES string of the molecule is Clc1cccc(CSc2nnc(C3CCCN3)o2)c1. The predicted octanol–water partition coefficient (Wildman–Crippen LogP) is 3.44. The van der Waals surface area contributed by atoms with Gasteiger partial charge in [0.05, 0.1) is 6.04 Å². The van der Waals surface area contributed by atoms with E-state index in [2.05, 4.69) is 15.5 Å². The second kappa shape index (κ2) is 5.94. The molecule has 1 aromatic heterocycles. The van der Waals surface area contributed by atoms with Crippen molar-refractivity contribution in [2.24, 2.45) is 0 Å². The number of nitrogens with zero attached hydrogens (tertiary/aromatic N) is 2. The topological polar surface area (TPSA) is 51.0 Å². The first-order chi connectivity index (χ1) is 9.31. The van der Waals surface area contributed by atoms with Crippen LogP contribution in [0.15, 0.2) is 33.9 Å². The Morgan fingerprint density at radius 2 is 2.37 bits per heavy atom. The van der Waals surface area contributed by atoms with Gasteiger partial charge >= 0.3 is 0 Å². The summed E-state index contributed by atoms with van der Waals surface area (Å²) in [6.07, 6.45) is 2.23. The van der Waals surface area contributed by atoms with Gasteiger partial charge in [0, 0.05) is 10.8 Å². The van der Waals surface area contributed by atoms with Gasteiger partial charge in [0.1, 0.15) is 0 Å². The molecule has 1 fully saturated rings. The molecule has 19 heavy (non-hydrogen) atoms. The zero-order valence-corrected chi connectivity index (χ0v) is 11.9. The first-order valence-electron chi connectivity index (χ1n) is 6.25. The number of hydrogen-bond acceptors (Lipinski definition) is 5. The number of rotatable bonds is 4. The molecule has 1 aromatic carbocycles. The van der Waals surface area contributed by atoms with Crippen LogP contribution in [0.3, 0.4) is 0 Å². The van der Waals surface area contributed by atoms with E-state index in [4.69, 9.17) is 16.0 Å². The molecule has 0 amide bonds. The highest BCUT2D eigenvalue weighted by atomic mass is 35.5. The Kier molecular flexibility index (Phi) is 4.06. The average molecular weight is 296 g/mol. The lowest BCUT2D eigenvalue weighted by molar-refractivity contribution is 0.374. The fraction of sp³-hybridized carbons (Fsp3) is 0.385. The fourth-order valence-corrected chi connectivity index (χ4v) is 3.01. The Bertz CT molecular complexity index is 554. The summed E-state index contributed by atoms with van der Waals surface area (Å²) in [7, 11) is 0. The highest BCUT2D eigenvalue weighted by molar-refractivity contribution is 7.98. The Morgan fingerprint density at radius 1 is 1.42 bits per heavy atom. The number of hydrogen-bond donors (Lipinski definition) is 1. The zero-order chi connectivity index (χ0) is 13.1. The lowest BCUT2D eigenvalue weighted by Gasteiger charge is -2.02. The van der Waals surface area contributed by atoms with E-state index in [0.29, 0.717) is 11.1 Å². The summed E-state index contributed by atoms with van der Waals surface area (Å²) in [6.45, 7) is 1.03. The maximum absolute atomic E-state index is 5.95. The maximum Gasteiger partial charge on any atom is 0.276 e. The second-order valence-corrected chi connectivity index (χ2v) is 5.84. The summed E-state index contributed by atoms with van der Waals surface area (Å²) in [6, 6.07) is 8.03. The van der Waals surface area contributed by atoms with Crippen LogP contribution in [-0.4, -0.2) is 16.7 Å². The van der Waals surface area contributed by atoms with Gasteiger partial charge in [0.25, 0.3) is 5.22 Å². The molecule has 0 bridgehead atoms. The van der Waals surface area contributed by atoms with E-state index in [1.54, 1.807) is 0 Å².